The summed E-state index contributed by atoms with van der Waals surface area (Å²) in [5.41, 5.74) is 0.406. The number of anilines is 1. The number of nitrogens with one attached hydrogen (secondary N) is 2. The lowest BCUT2D eigenvalue weighted by Crippen LogP contribution is -2.24. The number of amides is 2. The van der Waals surface area contributed by atoms with Gasteiger partial charge in [0, 0.05) is 6.54 Å². The summed E-state index contributed by atoms with van der Waals surface area (Å²) in [6.45, 7) is 5.03. The van der Waals surface area contributed by atoms with Crippen molar-refractivity contribution in [3.05, 3.63) is 23.8 Å². The first-order chi connectivity index (χ1) is 10.6. The number of unbranched alkanes of at least 4 members (excludes halogenated alkanes) is 3. The van der Waals surface area contributed by atoms with E-state index in [0.29, 0.717) is 13.0 Å². The van der Waals surface area contributed by atoms with E-state index in [0.717, 1.165) is 18.8 Å². The molecule has 0 unspecified atom stereocenters. The minimum atomic E-state index is -0.325. The molecule has 0 aliphatic heterocycles. The van der Waals surface area contributed by atoms with Crippen molar-refractivity contribution >= 4 is 18.0 Å². The molecular weight excluding hydrogens is 280 g/mol. The highest BCUT2D eigenvalue weighted by molar-refractivity contribution is 5.99. The Morgan fingerprint density at radius 3 is 2.64 bits per heavy atom. The van der Waals surface area contributed by atoms with Crippen molar-refractivity contribution in [2.24, 2.45) is 5.92 Å². The van der Waals surface area contributed by atoms with Crippen LogP contribution in [0.1, 0.15) is 56.3 Å². The monoisotopic (exact) mass is 306 g/mol. The third-order valence-electron chi connectivity index (χ3n) is 3.49. The standard InChI is InChI=1S/C17H26N2O3/c1-13(2)8-5-3-4-6-11-18-17(22)14-9-7-10-15(16(14)21)19-12-20/h7,9-10,12-13,21H,3-6,8,11H2,1-2H3,(H,18,22)(H,19,20). The van der Waals surface area contributed by atoms with Gasteiger partial charge in [-0.25, -0.2) is 0 Å². The van der Waals surface area contributed by atoms with Crippen molar-refractivity contribution in [3.63, 3.8) is 0 Å². The van der Waals surface area contributed by atoms with E-state index in [1.807, 2.05) is 0 Å². The van der Waals surface area contributed by atoms with Crippen molar-refractivity contribution in [2.45, 2.75) is 46.0 Å². The maximum absolute atomic E-state index is 12.0. The van der Waals surface area contributed by atoms with E-state index in [9.17, 15) is 14.7 Å². The average Bonchev–Trinajstić information content (AvgIpc) is 2.48. The van der Waals surface area contributed by atoms with Gasteiger partial charge in [-0.15, -0.1) is 0 Å². The fourth-order valence-corrected chi connectivity index (χ4v) is 2.23. The van der Waals surface area contributed by atoms with Crippen LogP contribution in [0.3, 0.4) is 0 Å². The lowest BCUT2D eigenvalue weighted by atomic mass is 10.0. The van der Waals surface area contributed by atoms with Crippen LogP contribution in [0, 0.1) is 5.92 Å². The Balaban J connectivity index is 2.34. The summed E-state index contributed by atoms with van der Waals surface area (Å²) in [4.78, 5) is 22.4. The zero-order valence-electron chi connectivity index (χ0n) is 13.4. The van der Waals surface area contributed by atoms with E-state index < -0.39 is 0 Å². The summed E-state index contributed by atoms with van der Waals surface area (Å²) in [5.74, 6) is 0.216. The normalized spacial score (nSPS) is 10.5. The minimum absolute atomic E-state index is 0.173. The highest BCUT2D eigenvalue weighted by atomic mass is 16.3. The van der Waals surface area contributed by atoms with E-state index in [1.54, 1.807) is 6.07 Å². The number of benzene rings is 1. The maximum Gasteiger partial charge on any atom is 0.255 e. The van der Waals surface area contributed by atoms with E-state index in [4.69, 9.17) is 0 Å². The highest BCUT2D eigenvalue weighted by Gasteiger charge is 2.13. The molecular formula is C17H26N2O3. The van der Waals surface area contributed by atoms with Gasteiger partial charge >= 0.3 is 0 Å². The largest absolute Gasteiger partial charge is 0.505 e. The molecule has 0 saturated heterocycles. The molecule has 0 fully saturated rings. The van der Waals surface area contributed by atoms with Gasteiger partial charge in [0.15, 0.2) is 5.75 Å². The van der Waals surface area contributed by atoms with Gasteiger partial charge in [-0.2, -0.15) is 0 Å². The first kappa shape index (κ1) is 18.0. The van der Waals surface area contributed by atoms with Gasteiger partial charge in [0.2, 0.25) is 6.41 Å². The molecule has 0 aromatic heterocycles. The van der Waals surface area contributed by atoms with Crippen molar-refractivity contribution in [2.75, 3.05) is 11.9 Å². The summed E-state index contributed by atoms with van der Waals surface area (Å²) in [6, 6.07) is 4.69. The molecule has 0 saturated carbocycles. The molecule has 0 spiro atoms. The Bertz CT molecular complexity index is 487. The number of phenolic OH excluding ortho intramolecular Hbond substituents is 1. The second-order valence-corrected chi connectivity index (χ2v) is 5.82. The molecule has 0 heterocycles. The van der Waals surface area contributed by atoms with Gasteiger partial charge < -0.3 is 15.7 Å². The first-order valence-corrected chi connectivity index (χ1v) is 7.86. The fraction of sp³-hybridized carbons (Fsp3) is 0.529. The van der Waals surface area contributed by atoms with Crippen molar-refractivity contribution in [1.29, 1.82) is 0 Å². The Morgan fingerprint density at radius 2 is 1.95 bits per heavy atom. The second kappa shape index (κ2) is 9.82. The van der Waals surface area contributed by atoms with E-state index in [-0.39, 0.29) is 22.9 Å². The summed E-state index contributed by atoms with van der Waals surface area (Å²) < 4.78 is 0. The molecule has 0 bridgehead atoms. The van der Waals surface area contributed by atoms with Gasteiger partial charge in [-0.05, 0) is 24.5 Å². The number of phenols is 1. The van der Waals surface area contributed by atoms with Gasteiger partial charge in [-0.3, -0.25) is 9.59 Å². The first-order valence-electron chi connectivity index (χ1n) is 7.86. The Labute approximate surface area is 132 Å². The highest BCUT2D eigenvalue weighted by Crippen LogP contribution is 2.26. The average molecular weight is 306 g/mol. The van der Waals surface area contributed by atoms with Gasteiger partial charge in [0.05, 0.1) is 11.3 Å². The number of carbonyl (C=O) groups excluding carboxylic acids is 2. The molecule has 22 heavy (non-hydrogen) atoms. The zero-order chi connectivity index (χ0) is 16.4. The number of carbonyl (C=O) groups is 2. The lowest BCUT2D eigenvalue weighted by molar-refractivity contribution is -0.105. The quantitative estimate of drug-likeness (QED) is 0.352. The van der Waals surface area contributed by atoms with Crippen LogP contribution in [-0.2, 0) is 4.79 Å². The predicted octanol–water partition coefficient (Wildman–Crippen LogP) is 3.30. The molecule has 0 atom stereocenters. The second-order valence-electron chi connectivity index (χ2n) is 5.82. The molecule has 1 rings (SSSR count). The third-order valence-corrected chi connectivity index (χ3v) is 3.49. The number of hydrogen-bond donors (Lipinski definition) is 3. The summed E-state index contributed by atoms with van der Waals surface area (Å²) >= 11 is 0. The van der Waals surface area contributed by atoms with Crippen LogP contribution in [0.4, 0.5) is 5.69 Å². The van der Waals surface area contributed by atoms with Gasteiger partial charge in [0.25, 0.3) is 5.91 Å². The molecule has 2 amide bonds. The Morgan fingerprint density at radius 1 is 1.23 bits per heavy atom. The predicted molar refractivity (Wildman–Crippen MR) is 88.0 cm³/mol. The van der Waals surface area contributed by atoms with Crippen LogP contribution in [0.15, 0.2) is 18.2 Å². The molecule has 3 N–H and O–H groups in total. The lowest BCUT2D eigenvalue weighted by Gasteiger charge is -2.09. The topological polar surface area (TPSA) is 78.4 Å². The van der Waals surface area contributed by atoms with Crippen LogP contribution < -0.4 is 10.6 Å². The molecule has 0 aliphatic carbocycles. The molecule has 0 radical (unpaired) electrons. The number of rotatable bonds is 10. The molecule has 0 aliphatic rings. The van der Waals surface area contributed by atoms with Crippen molar-refractivity contribution in [3.8, 4) is 5.75 Å². The van der Waals surface area contributed by atoms with E-state index in [1.165, 1.54) is 31.4 Å². The summed E-state index contributed by atoms with van der Waals surface area (Å²) in [5, 5.41) is 15.1. The zero-order valence-corrected chi connectivity index (χ0v) is 13.4. The molecule has 1 aromatic carbocycles. The van der Waals surface area contributed by atoms with Crippen LogP contribution in [0.5, 0.6) is 5.75 Å². The van der Waals surface area contributed by atoms with Crippen LogP contribution in [0.2, 0.25) is 0 Å². The fourth-order valence-electron chi connectivity index (χ4n) is 2.23. The number of hydrogen-bond acceptors (Lipinski definition) is 3. The van der Waals surface area contributed by atoms with E-state index >= 15 is 0 Å². The number of para-hydroxylation sites is 1. The van der Waals surface area contributed by atoms with Crippen molar-refractivity contribution < 1.29 is 14.7 Å². The number of aromatic hydroxyl groups is 1. The Kier molecular flexibility index (Phi) is 8.04. The van der Waals surface area contributed by atoms with Gasteiger partial charge in [-0.1, -0.05) is 45.6 Å². The molecule has 5 nitrogen and oxygen atoms in total. The van der Waals surface area contributed by atoms with E-state index in [2.05, 4.69) is 24.5 Å². The van der Waals surface area contributed by atoms with Crippen LogP contribution >= 0.6 is 0 Å². The molecule has 1 aromatic rings. The molecule has 122 valence electrons. The smallest absolute Gasteiger partial charge is 0.255 e. The summed E-state index contributed by atoms with van der Waals surface area (Å²) in [7, 11) is 0. The SMILES string of the molecule is CC(C)CCCCCCNC(=O)c1cccc(NC=O)c1O. The maximum atomic E-state index is 12.0. The van der Waals surface area contributed by atoms with Crippen molar-refractivity contribution in [1.82, 2.24) is 5.32 Å². The van der Waals surface area contributed by atoms with Crippen LogP contribution in [-0.4, -0.2) is 24.0 Å². The third kappa shape index (κ3) is 6.16. The minimum Gasteiger partial charge on any atom is -0.505 e. The Hall–Kier alpha value is -2.04. The van der Waals surface area contributed by atoms with Gasteiger partial charge in [0.1, 0.15) is 0 Å². The summed E-state index contributed by atoms with van der Waals surface area (Å²) in [6.07, 6.45) is 6.14. The molecule has 5 heteroatoms. The van der Waals surface area contributed by atoms with Crippen LogP contribution in [0.25, 0.3) is 0 Å².